The number of carbonyl (C=O) groups is 2. The second kappa shape index (κ2) is 8.35. The van der Waals surface area contributed by atoms with Gasteiger partial charge in [0.15, 0.2) is 0 Å². The minimum atomic E-state index is -0.113. The summed E-state index contributed by atoms with van der Waals surface area (Å²) >= 11 is 1.62. The van der Waals surface area contributed by atoms with E-state index < -0.39 is 0 Å². The van der Waals surface area contributed by atoms with Gasteiger partial charge >= 0.3 is 0 Å². The second-order valence-electron chi connectivity index (χ2n) is 6.71. The van der Waals surface area contributed by atoms with Gasteiger partial charge in [0.05, 0.1) is 5.69 Å². The number of hydrogen-bond acceptors (Lipinski definition) is 4. The van der Waals surface area contributed by atoms with Crippen LogP contribution in [-0.4, -0.2) is 29.9 Å². The first kappa shape index (κ1) is 18.4. The maximum atomic E-state index is 12.3. The van der Waals surface area contributed by atoms with Gasteiger partial charge in [-0.2, -0.15) is 0 Å². The van der Waals surface area contributed by atoms with E-state index in [-0.39, 0.29) is 11.8 Å². The molecule has 1 fully saturated rings. The van der Waals surface area contributed by atoms with Crippen LogP contribution in [-0.2, 0) is 11.2 Å². The van der Waals surface area contributed by atoms with E-state index in [2.05, 4.69) is 10.3 Å². The van der Waals surface area contributed by atoms with Crippen LogP contribution < -0.4 is 10.2 Å². The molecule has 6 heteroatoms. The Hall–Kier alpha value is -2.99. The number of benzene rings is 2. The first-order valence-corrected chi connectivity index (χ1v) is 10.3. The summed E-state index contributed by atoms with van der Waals surface area (Å²) in [5.41, 5.74) is 3.54. The summed E-state index contributed by atoms with van der Waals surface area (Å²) in [6, 6.07) is 17.3. The number of anilines is 1. The van der Waals surface area contributed by atoms with E-state index in [1.807, 2.05) is 47.8 Å². The fourth-order valence-electron chi connectivity index (χ4n) is 3.26. The molecule has 0 spiro atoms. The zero-order chi connectivity index (χ0) is 19.3. The summed E-state index contributed by atoms with van der Waals surface area (Å²) < 4.78 is 0. The van der Waals surface area contributed by atoms with Gasteiger partial charge in [0.2, 0.25) is 5.91 Å². The molecule has 28 heavy (non-hydrogen) atoms. The Kier molecular flexibility index (Phi) is 5.48. The number of hydrogen-bond donors (Lipinski definition) is 1. The number of rotatable bonds is 6. The third-order valence-corrected chi connectivity index (χ3v) is 5.69. The lowest BCUT2D eigenvalue weighted by Crippen LogP contribution is -2.26. The molecule has 1 saturated heterocycles. The molecule has 5 nitrogen and oxygen atoms in total. The zero-order valence-corrected chi connectivity index (χ0v) is 16.2. The molecular formula is C22H21N3O2S. The van der Waals surface area contributed by atoms with Crippen molar-refractivity contribution in [2.75, 3.05) is 18.0 Å². The highest BCUT2D eigenvalue weighted by molar-refractivity contribution is 7.13. The normalized spacial score (nSPS) is 13.7. The van der Waals surface area contributed by atoms with Crippen LogP contribution in [0.1, 0.15) is 28.9 Å². The summed E-state index contributed by atoms with van der Waals surface area (Å²) in [6.45, 7) is 1.28. The SMILES string of the molecule is O=C(NCCc1csc(-c2ccccc2)n1)c1ccc(N2CCCC2=O)cc1. The number of nitrogens with one attached hydrogen (secondary N) is 1. The molecule has 0 unspecified atom stereocenters. The largest absolute Gasteiger partial charge is 0.352 e. The molecule has 4 rings (SSSR count). The molecule has 0 bridgehead atoms. The fraction of sp³-hybridized carbons (Fsp3) is 0.227. The Labute approximate surface area is 168 Å². The maximum Gasteiger partial charge on any atom is 0.251 e. The van der Waals surface area contributed by atoms with Crippen molar-refractivity contribution in [2.24, 2.45) is 0 Å². The Morgan fingerprint density at radius 3 is 2.61 bits per heavy atom. The van der Waals surface area contributed by atoms with E-state index in [9.17, 15) is 9.59 Å². The number of thiazole rings is 1. The number of nitrogens with zero attached hydrogens (tertiary/aromatic N) is 2. The predicted octanol–water partition coefficient (Wildman–Crippen LogP) is 3.91. The van der Waals surface area contributed by atoms with Crippen LogP contribution in [0.5, 0.6) is 0 Å². The molecule has 1 aliphatic rings. The van der Waals surface area contributed by atoms with Gasteiger partial charge in [0, 0.05) is 48.1 Å². The third kappa shape index (κ3) is 4.12. The van der Waals surface area contributed by atoms with Crippen molar-refractivity contribution < 1.29 is 9.59 Å². The Morgan fingerprint density at radius 2 is 1.89 bits per heavy atom. The lowest BCUT2D eigenvalue weighted by molar-refractivity contribution is -0.117. The van der Waals surface area contributed by atoms with Gasteiger partial charge in [0.25, 0.3) is 5.91 Å². The lowest BCUT2D eigenvalue weighted by atomic mass is 10.2. The third-order valence-electron chi connectivity index (χ3n) is 4.75. The number of aromatic nitrogens is 1. The van der Waals surface area contributed by atoms with Gasteiger partial charge in [-0.15, -0.1) is 11.3 Å². The van der Waals surface area contributed by atoms with Crippen LogP contribution in [0, 0.1) is 0 Å². The Balaban J connectivity index is 1.30. The quantitative estimate of drug-likeness (QED) is 0.693. The number of amides is 2. The van der Waals surface area contributed by atoms with Gasteiger partial charge in [-0.25, -0.2) is 4.98 Å². The van der Waals surface area contributed by atoms with Crippen molar-refractivity contribution in [3.8, 4) is 10.6 Å². The molecule has 0 atom stereocenters. The van der Waals surface area contributed by atoms with E-state index in [1.165, 1.54) is 0 Å². The molecule has 0 aliphatic carbocycles. The van der Waals surface area contributed by atoms with Crippen molar-refractivity contribution in [1.29, 1.82) is 0 Å². The standard InChI is InChI=1S/C22H21N3O2S/c26-20-7-4-14-25(20)19-10-8-16(9-11-19)21(27)23-13-12-18-15-28-22(24-18)17-5-2-1-3-6-17/h1-3,5-6,8-11,15H,4,7,12-14H2,(H,23,27). The Bertz CT molecular complexity index is 967. The smallest absolute Gasteiger partial charge is 0.251 e. The predicted molar refractivity (Wildman–Crippen MR) is 112 cm³/mol. The molecule has 0 radical (unpaired) electrons. The molecule has 0 saturated carbocycles. The summed E-state index contributed by atoms with van der Waals surface area (Å²) in [4.78, 5) is 30.6. The minimum absolute atomic E-state index is 0.113. The molecule has 1 aliphatic heterocycles. The van der Waals surface area contributed by atoms with Crippen LogP contribution in [0.2, 0.25) is 0 Å². The fourth-order valence-corrected chi connectivity index (χ4v) is 4.12. The molecule has 2 aromatic carbocycles. The van der Waals surface area contributed by atoms with Crippen LogP contribution in [0.15, 0.2) is 60.0 Å². The van der Waals surface area contributed by atoms with Crippen molar-refractivity contribution >= 4 is 28.8 Å². The number of carbonyl (C=O) groups excluding carboxylic acids is 2. The molecule has 2 amide bonds. The zero-order valence-electron chi connectivity index (χ0n) is 15.4. The van der Waals surface area contributed by atoms with E-state index in [1.54, 1.807) is 28.4 Å². The van der Waals surface area contributed by atoms with Gasteiger partial charge in [-0.05, 0) is 30.7 Å². The Morgan fingerprint density at radius 1 is 1.11 bits per heavy atom. The van der Waals surface area contributed by atoms with Gasteiger partial charge < -0.3 is 10.2 Å². The first-order chi connectivity index (χ1) is 13.7. The molecule has 2 heterocycles. The van der Waals surface area contributed by atoms with Crippen LogP contribution in [0.25, 0.3) is 10.6 Å². The highest BCUT2D eigenvalue weighted by Gasteiger charge is 2.21. The monoisotopic (exact) mass is 391 g/mol. The molecule has 1 N–H and O–H groups in total. The average Bonchev–Trinajstić information content (AvgIpc) is 3.38. The molecular weight excluding hydrogens is 370 g/mol. The van der Waals surface area contributed by atoms with Crippen molar-refractivity contribution in [1.82, 2.24) is 10.3 Å². The maximum absolute atomic E-state index is 12.3. The van der Waals surface area contributed by atoms with Gasteiger partial charge in [-0.3, -0.25) is 9.59 Å². The first-order valence-electron chi connectivity index (χ1n) is 9.39. The summed E-state index contributed by atoms with van der Waals surface area (Å²) in [6.07, 6.45) is 2.18. The summed E-state index contributed by atoms with van der Waals surface area (Å²) in [5, 5.41) is 5.97. The van der Waals surface area contributed by atoms with Crippen LogP contribution in [0.3, 0.4) is 0 Å². The van der Waals surface area contributed by atoms with Gasteiger partial charge in [0.1, 0.15) is 5.01 Å². The van der Waals surface area contributed by atoms with Crippen molar-refractivity contribution in [2.45, 2.75) is 19.3 Å². The van der Waals surface area contributed by atoms with E-state index in [0.29, 0.717) is 24.9 Å². The highest BCUT2D eigenvalue weighted by Crippen LogP contribution is 2.23. The average molecular weight is 391 g/mol. The lowest BCUT2D eigenvalue weighted by Gasteiger charge is -2.15. The van der Waals surface area contributed by atoms with Crippen molar-refractivity contribution in [3.63, 3.8) is 0 Å². The highest BCUT2D eigenvalue weighted by atomic mass is 32.1. The van der Waals surface area contributed by atoms with E-state index in [0.717, 1.165) is 34.9 Å². The van der Waals surface area contributed by atoms with Crippen LogP contribution >= 0.6 is 11.3 Å². The van der Waals surface area contributed by atoms with E-state index in [4.69, 9.17) is 0 Å². The molecule has 3 aromatic rings. The molecule has 1 aromatic heterocycles. The van der Waals surface area contributed by atoms with Crippen molar-refractivity contribution in [3.05, 3.63) is 71.2 Å². The molecule has 142 valence electrons. The second-order valence-corrected chi connectivity index (χ2v) is 7.57. The minimum Gasteiger partial charge on any atom is -0.352 e. The van der Waals surface area contributed by atoms with Crippen LogP contribution in [0.4, 0.5) is 5.69 Å². The van der Waals surface area contributed by atoms with E-state index >= 15 is 0 Å². The van der Waals surface area contributed by atoms with Gasteiger partial charge in [-0.1, -0.05) is 30.3 Å². The summed E-state index contributed by atoms with van der Waals surface area (Å²) in [5.74, 6) is 0.0353. The topological polar surface area (TPSA) is 62.3 Å². The summed E-state index contributed by atoms with van der Waals surface area (Å²) in [7, 11) is 0.